The molecule has 4 aromatic rings. The molecule has 306 valence electrons. The van der Waals surface area contributed by atoms with Crippen molar-refractivity contribution >= 4 is 43.6 Å². The number of aliphatic hydroxyl groups excluding tert-OH is 1. The molecule has 12 nitrogen and oxygen atoms in total. The van der Waals surface area contributed by atoms with Crippen LogP contribution in [-0.4, -0.2) is 109 Å². The second-order valence-electron chi connectivity index (χ2n) is 18.8. The largest absolute Gasteiger partial charge is 0.375 e. The minimum Gasteiger partial charge on any atom is -0.375 e. The molecule has 2 radical (unpaired) electrons. The summed E-state index contributed by atoms with van der Waals surface area (Å²) in [5, 5.41) is 20.5. The summed E-state index contributed by atoms with van der Waals surface area (Å²) in [7, 11) is 4.33. The standard InChI is InChI=1S/C44H55N7O5SSi/c1-7-50-33-13-12-26-18-28(33)29(36(50)27-10-8-16-45-35(27)25(2)55-6)19-41(3,4)24-56-38(53)31-11-9-17-51(48-31)40(54)43(20-34-46-32(26)22-57-34)39-44(43,58-39)47-37(52)30-21-49(5)23-42(30)14-15-42/h8,10,12-13,16,18,22,25,30-31,38-39,48,53H,7,9,11,14-15,17,19-21,23-24H2,1-6H3,(H,47,52)/t25-,30+,31-,38?,39?,43?,44-/m0/s1. The van der Waals surface area contributed by atoms with Crippen molar-refractivity contribution in [3.8, 4) is 22.5 Å². The lowest BCUT2D eigenvalue weighted by Crippen LogP contribution is -2.61. The average molecular weight is 822 g/mol. The fourth-order valence-corrected chi connectivity index (χ4v) is 13.8. The number of nitrogens with one attached hydrogen (secondary N) is 2. The van der Waals surface area contributed by atoms with Crippen molar-refractivity contribution in [2.24, 2.45) is 22.2 Å². The number of rotatable bonds is 6. The summed E-state index contributed by atoms with van der Waals surface area (Å²) >= 11 is 1.60. The first-order valence-electron chi connectivity index (χ1n) is 21.1. The van der Waals surface area contributed by atoms with Crippen LogP contribution in [0.15, 0.2) is 41.9 Å². The van der Waals surface area contributed by atoms with Crippen molar-refractivity contribution in [3.05, 3.63) is 58.2 Å². The van der Waals surface area contributed by atoms with E-state index in [2.05, 4.69) is 77.7 Å². The summed E-state index contributed by atoms with van der Waals surface area (Å²) in [6.07, 6.45) is 5.26. The Bertz CT molecular complexity index is 2310. The molecule has 7 heterocycles. The van der Waals surface area contributed by atoms with Crippen LogP contribution in [-0.2, 0) is 38.4 Å². The number of hydrazine groups is 1. The highest BCUT2D eigenvalue weighted by Gasteiger charge is 2.93. The SMILES string of the molecule is CCn1c(-c2cccnc2[C@H](C)OC)c2c3cc(ccc31)-c1csc(n1)CC1(C(=O)N3CCC[C@H](N3)C(O)OCC(C)(C)C2)C2[Si][C@@]21NC(=O)[C@H]1CN(C)CC12CC2. The van der Waals surface area contributed by atoms with Crippen LogP contribution in [0.3, 0.4) is 0 Å². The lowest BCUT2D eigenvalue weighted by molar-refractivity contribution is -0.166. The van der Waals surface area contributed by atoms with Crippen molar-refractivity contribution in [1.29, 1.82) is 0 Å². The third kappa shape index (κ3) is 5.99. The second kappa shape index (κ2) is 13.8. The van der Waals surface area contributed by atoms with Gasteiger partial charge in [-0.05, 0) is 99.2 Å². The normalized spacial score (nSPS) is 31.6. The fraction of sp³-hybridized carbons (Fsp3) is 0.591. The molecule has 58 heavy (non-hydrogen) atoms. The number of carbonyl (C=O) groups is 2. The van der Waals surface area contributed by atoms with Gasteiger partial charge in [0.2, 0.25) is 11.8 Å². The van der Waals surface area contributed by atoms with Gasteiger partial charge in [-0.25, -0.2) is 10.4 Å². The van der Waals surface area contributed by atoms with E-state index >= 15 is 0 Å². The third-order valence-corrected chi connectivity index (χ3v) is 17.3. The Morgan fingerprint density at radius 2 is 2.07 bits per heavy atom. The zero-order valence-electron chi connectivity index (χ0n) is 34.4. The summed E-state index contributed by atoms with van der Waals surface area (Å²) in [6.45, 7) is 11.9. The van der Waals surface area contributed by atoms with Crippen molar-refractivity contribution in [2.45, 2.75) is 102 Å². The van der Waals surface area contributed by atoms with Crippen LogP contribution in [0.1, 0.15) is 75.7 Å². The fourth-order valence-electron chi connectivity index (χ4n) is 10.8. The van der Waals surface area contributed by atoms with Crippen molar-refractivity contribution < 1.29 is 24.2 Å². The highest BCUT2D eigenvalue weighted by molar-refractivity contribution is 7.10. The minimum atomic E-state index is -1.11. The van der Waals surface area contributed by atoms with Gasteiger partial charge in [-0.2, -0.15) is 0 Å². The zero-order chi connectivity index (χ0) is 40.4. The molecular formula is C44H55N7O5SSi. The monoisotopic (exact) mass is 821 g/mol. The van der Waals surface area contributed by atoms with E-state index in [9.17, 15) is 14.7 Å². The van der Waals surface area contributed by atoms with E-state index in [0.29, 0.717) is 41.9 Å². The number of thiazole rings is 1. The second-order valence-corrected chi connectivity index (χ2v) is 21.4. The number of hydrogen-bond donors (Lipinski definition) is 3. The van der Waals surface area contributed by atoms with Gasteiger partial charge < -0.3 is 29.4 Å². The summed E-state index contributed by atoms with van der Waals surface area (Å²) in [4.78, 5) is 41.4. The van der Waals surface area contributed by atoms with Gasteiger partial charge >= 0.3 is 0 Å². The number of nitrogens with zero attached hydrogens (tertiary/aromatic N) is 5. The summed E-state index contributed by atoms with van der Waals surface area (Å²) < 4.78 is 14.6. The Morgan fingerprint density at radius 3 is 2.83 bits per heavy atom. The van der Waals surface area contributed by atoms with Gasteiger partial charge in [0.15, 0.2) is 6.29 Å². The molecule has 3 saturated heterocycles. The van der Waals surface area contributed by atoms with Gasteiger partial charge in [-0.1, -0.05) is 19.9 Å². The Morgan fingerprint density at radius 1 is 1.24 bits per heavy atom. The molecule has 2 spiro atoms. The molecular weight excluding hydrogens is 767 g/mol. The summed E-state index contributed by atoms with van der Waals surface area (Å²) in [5.41, 5.74) is 9.70. The van der Waals surface area contributed by atoms with E-state index in [1.807, 2.05) is 19.2 Å². The number of aromatic nitrogens is 3. The predicted molar refractivity (Wildman–Crippen MR) is 224 cm³/mol. The molecule has 14 heteroatoms. The molecule has 3 aromatic heterocycles. The zero-order valence-corrected chi connectivity index (χ0v) is 36.2. The molecule has 10 rings (SSSR count). The molecule has 6 bridgehead atoms. The van der Waals surface area contributed by atoms with Crippen molar-refractivity contribution in [3.63, 3.8) is 0 Å². The molecule has 2 amide bonds. The number of aliphatic hydroxyl groups is 1. The van der Waals surface area contributed by atoms with Crippen molar-refractivity contribution in [1.82, 2.24) is 35.2 Å². The van der Waals surface area contributed by atoms with Gasteiger partial charge in [0.1, 0.15) is 0 Å². The molecule has 6 aliphatic rings. The van der Waals surface area contributed by atoms with Crippen LogP contribution >= 0.6 is 11.3 Å². The summed E-state index contributed by atoms with van der Waals surface area (Å²) in [6, 6.07) is 10.3. The number of aryl methyl sites for hydroxylation is 1. The van der Waals surface area contributed by atoms with Gasteiger partial charge in [-0.15, -0.1) is 11.3 Å². The molecule has 5 fully saturated rings. The Hall–Kier alpha value is -3.50. The Kier molecular flexibility index (Phi) is 9.18. The Balaban J connectivity index is 1.06. The number of carbonyl (C=O) groups excluding carboxylic acids is 2. The van der Waals surface area contributed by atoms with E-state index in [1.54, 1.807) is 23.5 Å². The molecule has 1 aromatic carbocycles. The maximum Gasteiger partial charge on any atom is 0.245 e. The average Bonchev–Trinajstić information content (AvgIpc) is 4.12. The lowest BCUT2D eigenvalue weighted by Gasteiger charge is -2.40. The van der Waals surface area contributed by atoms with E-state index in [1.165, 1.54) is 5.56 Å². The first kappa shape index (κ1) is 38.7. The molecule has 7 atom stereocenters. The molecule has 3 unspecified atom stereocenters. The van der Waals surface area contributed by atoms with Gasteiger partial charge in [0.05, 0.1) is 61.7 Å². The van der Waals surface area contributed by atoms with Crippen LogP contribution in [0.5, 0.6) is 0 Å². The highest BCUT2D eigenvalue weighted by Crippen LogP contribution is 2.81. The highest BCUT2D eigenvalue weighted by atomic mass is 32.1. The Labute approximate surface area is 346 Å². The van der Waals surface area contributed by atoms with Crippen LogP contribution in [0, 0.1) is 22.2 Å². The van der Waals surface area contributed by atoms with Gasteiger partial charge in [0.25, 0.3) is 0 Å². The first-order chi connectivity index (χ1) is 27.8. The number of likely N-dealkylation sites (tertiary alicyclic amines) is 1. The maximum atomic E-state index is 15.0. The predicted octanol–water partition coefficient (Wildman–Crippen LogP) is 5.17. The minimum absolute atomic E-state index is 0.00613. The number of ether oxygens (including phenoxy) is 2. The van der Waals surface area contributed by atoms with Gasteiger partial charge in [-0.3, -0.25) is 19.6 Å². The van der Waals surface area contributed by atoms with Crippen LogP contribution in [0.4, 0.5) is 0 Å². The van der Waals surface area contributed by atoms with Crippen molar-refractivity contribution in [2.75, 3.05) is 40.4 Å². The smallest absolute Gasteiger partial charge is 0.245 e. The number of fused-ring (bicyclic) bond motifs is 9. The van der Waals surface area contributed by atoms with Crippen LogP contribution in [0.25, 0.3) is 33.4 Å². The number of pyridine rings is 1. The summed E-state index contributed by atoms with van der Waals surface area (Å²) in [5.74, 6) is 0.0593. The number of benzene rings is 1. The number of hydrogen-bond acceptors (Lipinski definition) is 10. The van der Waals surface area contributed by atoms with Crippen LogP contribution < -0.4 is 10.7 Å². The molecule has 2 aliphatic carbocycles. The molecule has 4 aliphatic heterocycles. The maximum absolute atomic E-state index is 15.0. The third-order valence-electron chi connectivity index (χ3n) is 14.3. The van der Waals surface area contributed by atoms with Gasteiger partial charge in [0, 0.05) is 78.5 Å². The van der Waals surface area contributed by atoms with Crippen LogP contribution in [0.2, 0.25) is 5.54 Å². The molecule has 3 N–H and O–H groups in total. The van der Waals surface area contributed by atoms with E-state index < -0.39 is 22.9 Å². The quantitative estimate of drug-likeness (QED) is 0.226. The lowest BCUT2D eigenvalue weighted by atomic mass is 9.84. The first-order valence-corrected chi connectivity index (χ1v) is 23.0. The number of methoxy groups -OCH3 is 1. The molecule has 2 saturated carbocycles. The number of amides is 2. The van der Waals surface area contributed by atoms with E-state index in [-0.39, 0.29) is 40.2 Å². The topological polar surface area (TPSA) is 134 Å². The van der Waals surface area contributed by atoms with E-state index in [0.717, 1.165) is 83.0 Å². The van der Waals surface area contributed by atoms with E-state index in [4.69, 9.17) is 19.4 Å².